The van der Waals surface area contributed by atoms with Crippen molar-refractivity contribution in [2.75, 3.05) is 24.3 Å². The molecule has 0 fully saturated rings. The van der Waals surface area contributed by atoms with Crippen molar-refractivity contribution in [1.82, 2.24) is 5.16 Å². The SMILES string of the molecule is NC/C(=C\C=C/[NH2+]COP(=O)(O)O)c1cc(Cc2ccc(CNc3cccc(N)c3)cc2)no1. The van der Waals surface area contributed by atoms with E-state index in [0.29, 0.717) is 18.7 Å². The molecule has 2 aromatic carbocycles. The van der Waals surface area contributed by atoms with E-state index >= 15 is 0 Å². The van der Waals surface area contributed by atoms with E-state index in [4.69, 9.17) is 25.8 Å². The summed E-state index contributed by atoms with van der Waals surface area (Å²) < 4.78 is 20.4. The van der Waals surface area contributed by atoms with Gasteiger partial charge in [-0.2, -0.15) is 0 Å². The molecule has 0 bridgehead atoms. The van der Waals surface area contributed by atoms with E-state index in [2.05, 4.69) is 39.3 Å². The van der Waals surface area contributed by atoms with Gasteiger partial charge in [0, 0.05) is 42.5 Å². The molecule has 1 aromatic heterocycles. The summed E-state index contributed by atoms with van der Waals surface area (Å²) in [5, 5.41) is 8.97. The predicted octanol–water partition coefficient (Wildman–Crippen LogP) is 1.95. The molecule has 0 aliphatic heterocycles. The van der Waals surface area contributed by atoms with Crippen molar-refractivity contribution >= 4 is 24.8 Å². The van der Waals surface area contributed by atoms with Crippen molar-refractivity contribution in [3.8, 4) is 0 Å². The van der Waals surface area contributed by atoms with Gasteiger partial charge in [0.25, 0.3) is 0 Å². The number of nitrogen functional groups attached to an aromatic ring is 1. The largest absolute Gasteiger partial charge is 0.474 e. The molecule has 0 atom stereocenters. The van der Waals surface area contributed by atoms with Crippen molar-refractivity contribution in [3.63, 3.8) is 0 Å². The second-order valence-electron chi connectivity index (χ2n) is 7.46. The van der Waals surface area contributed by atoms with Crippen LogP contribution in [0.2, 0.25) is 0 Å². The van der Waals surface area contributed by atoms with E-state index in [-0.39, 0.29) is 13.3 Å². The zero-order chi connectivity index (χ0) is 24.4. The van der Waals surface area contributed by atoms with Crippen LogP contribution < -0.4 is 22.1 Å². The predicted molar refractivity (Wildman–Crippen MR) is 130 cm³/mol. The summed E-state index contributed by atoms with van der Waals surface area (Å²) in [4.78, 5) is 17.3. The summed E-state index contributed by atoms with van der Waals surface area (Å²) in [7, 11) is -4.47. The molecule has 0 aliphatic rings. The average Bonchev–Trinajstić information content (AvgIpc) is 3.26. The summed E-state index contributed by atoms with van der Waals surface area (Å²) >= 11 is 0. The smallest absolute Gasteiger partial charge is 0.399 e. The number of rotatable bonds is 12. The van der Waals surface area contributed by atoms with Crippen LogP contribution in [0.5, 0.6) is 0 Å². The topological polar surface area (TPSA) is 173 Å². The van der Waals surface area contributed by atoms with Crippen molar-refractivity contribution in [1.29, 1.82) is 0 Å². The molecular weight excluding hydrogens is 457 g/mol. The maximum absolute atomic E-state index is 10.6. The van der Waals surface area contributed by atoms with Crippen molar-refractivity contribution < 1.29 is 28.7 Å². The zero-order valence-corrected chi connectivity index (χ0v) is 19.4. The fourth-order valence-electron chi connectivity index (χ4n) is 3.08. The number of quaternary nitrogens is 1. The first-order chi connectivity index (χ1) is 16.3. The zero-order valence-electron chi connectivity index (χ0n) is 18.5. The van der Waals surface area contributed by atoms with Crippen LogP contribution in [0.3, 0.4) is 0 Å². The summed E-state index contributed by atoms with van der Waals surface area (Å²) in [6, 6.07) is 17.7. The number of phosphoric ester groups is 1. The number of phosphoric acid groups is 1. The number of nitrogens with zero attached hydrogens (tertiary/aromatic N) is 1. The Balaban J connectivity index is 1.52. The van der Waals surface area contributed by atoms with Gasteiger partial charge in [-0.3, -0.25) is 5.32 Å². The van der Waals surface area contributed by atoms with Crippen LogP contribution in [0.4, 0.5) is 11.4 Å². The number of nitrogens with two attached hydrogens (primary N) is 3. The van der Waals surface area contributed by atoms with Gasteiger partial charge in [-0.25, -0.2) is 9.09 Å². The monoisotopic (exact) mass is 486 g/mol. The lowest BCUT2D eigenvalue weighted by atomic mass is 10.1. The number of anilines is 2. The Kier molecular flexibility index (Phi) is 9.17. The Morgan fingerprint density at radius 2 is 1.94 bits per heavy atom. The summed E-state index contributed by atoms with van der Waals surface area (Å²) in [5.74, 6) is 0.566. The molecule has 0 amide bonds. The number of allylic oxidation sites excluding steroid dienone is 2. The minimum atomic E-state index is -4.47. The summed E-state index contributed by atoms with van der Waals surface area (Å²) in [6.07, 6.45) is 5.66. The Labute approximate surface area is 197 Å². The first-order valence-electron chi connectivity index (χ1n) is 10.5. The second-order valence-corrected chi connectivity index (χ2v) is 8.70. The molecule has 1 heterocycles. The van der Waals surface area contributed by atoms with Gasteiger partial charge in [-0.1, -0.05) is 35.5 Å². The molecule has 0 radical (unpaired) electrons. The van der Waals surface area contributed by atoms with Gasteiger partial charge >= 0.3 is 7.82 Å². The van der Waals surface area contributed by atoms with E-state index in [9.17, 15) is 4.57 Å². The highest BCUT2D eigenvalue weighted by molar-refractivity contribution is 7.46. The van der Waals surface area contributed by atoms with Gasteiger partial charge in [-0.15, -0.1) is 0 Å². The third-order valence-corrected chi connectivity index (χ3v) is 5.26. The minimum Gasteiger partial charge on any atom is -0.399 e. The fraction of sp³-hybridized carbons (Fsp3) is 0.174. The molecule has 10 nitrogen and oxygen atoms in total. The molecular formula is C23H29N5O5P+. The molecule has 3 aromatic rings. The van der Waals surface area contributed by atoms with Gasteiger partial charge in [0.2, 0.25) is 0 Å². The summed E-state index contributed by atoms with van der Waals surface area (Å²) in [5.41, 5.74) is 17.1. The van der Waals surface area contributed by atoms with E-state index in [0.717, 1.165) is 33.8 Å². The van der Waals surface area contributed by atoms with Crippen molar-refractivity contribution in [2.45, 2.75) is 13.0 Å². The second kappa shape index (κ2) is 12.3. The number of nitrogens with one attached hydrogen (secondary N) is 1. The molecule has 0 saturated carbocycles. The third kappa shape index (κ3) is 8.60. The number of hydrogen-bond acceptors (Lipinski definition) is 7. The number of hydrogen-bond donors (Lipinski definition) is 6. The standard InChI is InChI=1S/C23H28N5O5P/c24-14-19(3-2-10-26-16-32-34(29,30)31)23-13-22(28-33-23)11-17-6-8-18(9-7-17)15-27-21-5-1-4-20(25)12-21/h1-10,12-13,26-27H,11,14-16,24-25H2,(H2,29,30,31)/p+1/b10-2-,19-3+. The molecule has 9 N–H and O–H groups in total. The highest BCUT2D eigenvalue weighted by Crippen LogP contribution is 2.34. The lowest BCUT2D eigenvalue weighted by Crippen LogP contribution is -2.78. The lowest BCUT2D eigenvalue weighted by Gasteiger charge is -2.08. The van der Waals surface area contributed by atoms with Crippen LogP contribution in [0, 0.1) is 0 Å². The Morgan fingerprint density at radius 3 is 2.65 bits per heavy atom. The third-order valence-electron chi connectivity index (χ3n) is 4.77. The molecule has 0 saturated heterocycles. The van der Waals surface area contributed by atoms with Crippen molar-refractivity contribution in [2.24, 2.45) is 5.73 Å². The van der Waals surface area contributed by atoms with Crippen molar-refractivity contribution in [3.05, 3.63) is 95.5 Å². The van der Waals surface area contributed by atoms with E-state index in [1.54, 1.807) is 18.4 Å². The molecule has 3 rings (SSSR count). The maximum atomic E-state index is 10.6. The minimum absolute atomic E-state index is 0.200. The van der Waals surface area contributed by atoms with Gasteiger partial charge in [-0.05, 0) is 41.5 Å². The molecule has 34 heavy (non-hydrogen) atoms. The van der Waals surface area contributed by atoms with Crippen LogP contribution in [0.25, 0.3) is 5.57 Å². The van der Waals surface area contributed by atoms with E-state index < -0.39 is 7.82 Å². The van der Waals surface area contributed by atoms with Crippen LogP contribution in [-0.4, -0.2) is 28.2 Å². The van der Waals surface area contributed by atoms with E-state index in [1.165, 1.54) is 5.32 Å². The first-order valence-corrected chi connectivity index (χ1v) is 12.1. The number of aromatic nitrogens is 1. The quantitative estimate of drug-likeness (QED) is 0.0735. The molecule has 0 aliphatic carbocycles. The van der Waals surface area contributed by atoms with Gasteiger partial charge < -0.3 is 31.1 Å². The van der Waals surface area contributed by atoms with Gasteiger partial charge in [0.1, 0.15) is 0 Å². The average molecular weight is 486 g/mol. The Bertz CT molecular complexity index is 1170. The van der Waals surface area contributed by atoms with Gasteiger partial charge in [0.15, 0.2) is 12.5 Å². The molecule has 11 heteroatoms. The summed E-state index contributed by atoms with van der Waals surface area (Å²) in [6.45, 7) is 0.736. The Hall–Kier alpha value is -3.24. The van der Waals surface area contributed by atoms with E-state index in [1.807, 2.05) is 30.3 Å². The highest BCUT2D eigenvalue weighted by Gasteiger charge is 2.13. The molecule has 180 valence electrons. The maximum Gasteiger partial charge on any atom is 0.474 e. The normalized spacial score (nSPS) is 12.4. The fourth-order valence-corrected chi connectivity index (χ4v) is 3.36. The highest BCUT2D eigenvalue weighted by atomic mass is 31.2. The van der Waals surface area contributed by atoms with Gasteiger partial charge in [0.05, 0.1) is 11.9 Å². The molecule has 0 spiro atoms. The Morgan fingerprint density at radius 1 is 1.18 bits per heavy atom. The lowest BCUT2D eigenvalue weighted by molar-refractivity contribution is -0.617. The van der Waals surface area contributed by atoms with Crippen LogP contribution in [0.1, 0.15) is 22.6 Å². The van der Waals surface area contributed by atoms with Crippen LogP contribution >= 0.6 is 7.82 Å². The van der Waals surface area contributed by atoms with Crippen LogP contribution in [0.15, 0.2) is 77.5 Å². The number of benzene rings is 2. The molecule has 0 unspecified atom stereocenters. The van der Waals surface area contributed by atoms with Crippen LogP contribution in [-0.2, 0) is 22.1 Å². The first kappa shape index (κ1) is 25.4.